The molecule has 1 saturated heterocycles. The van der Waals surface area contributed by atoms with Gasteiger partial charge in [-0.2, -0.15) is 0 Å². The van der Waals surface area contributed by atoms with E-state index in [0.717, 1.165) is 57.9 Å². The van der Waals surface area contributed by atoms with Gasteiger partial charge in [-0.15, -0.1) is 0 Å². The summed E-state index contributed by atoms with van der Waals surface area (Å²) in [6.07, 6.45) is 2.71. The maximum absolute atomic E-state index is 11.9. The molecule has 0 spiro atoms. The highest BCUT2D eigenvalue weighted by molar-refractivity contribution is 5.80. The van der Waals surface area contributed by atoms with Crippen molar-refractivity contribution in [2.24, 2.45) is 10.9 Å². The van der Waals surface area contributed by atoms with Crippen LogP contribution in [0.4, 0.5) is 4.79 Å². The topological polar surface area (TPSA) is 69.2 Å². The minimum Gasteiger partial charge on any atom is -0.450 e. The third kappa shape index (κ3) is 6.35. The Balaban J connectivity index is 1.49. The van der Waals surface area contributed by atoms with Crippen LogP contribution in [0.25, 0.3) is 0 Å². The van der Waals surface area contributed by atoms with E-state index in [0.29, 0.717) is 24.6 Å². The van der Waals surface area contributed by atoms with Gasteiger partial charge in [0.05, 0.1) is 6.61 Å². The first-order valence-corrected chi connectivity index (χ1v) is 11.7. The number of benzene rings is 1. The highest BCUT2D eigenvalue weighted by Gasteiger charge is 2.27. The summed E-state index contributed by atoms with van der Waals surface area (Å²) in [5, 5.41) is 7.12. The third-order valence-electron chi connectivity index (χ3n) is 6.46. The minimum atomic E-state index is -0.202. The van der Waals surface area contributed by atoms with Crippen LogP contribution in [0.2, 0.25) is 0 Å². The van der Waals surface area contributed by atoms with Gasteiger partial charge in [0.25, 0.3) is 0 Å². The Hall–Kier alpha value is -2.28. The predicted molar refractivity (Wildman–Crippen MR) is 125 cm³/mol. The van der Waals surface area contributed by atoms with Gasteiger partial charge < -0.3 is 20.3 Å². The van der Waals surface area contributed by atoms with Crippen LogP contribution in [0.3, 0.4) is 0 Å². The first-order chi connectivity index (χ1) is 15.0. The molecule has 0 saturated carbocycles. The van der Waals surface area contributed by atoms with Crippen molar-refractivity contribution in [1.29, 1.82) is 0 Å². The SMILES string of the molecule is CCOC(=O)N1CCC(NC(=NC)NCC(C(C)C)N2CCc3ccccc3C2)CC1. The molecule has 2 N–H and O–H groups in total. The van der Waals surface area contributed by atoms with Crippen molar-refractivity contribution < 1.29 is 9.53 Å². The molecule has 172 valence electrons. The number of carbonyl (C=O) groups is 1. The summed E-state index contributed by atoms with van der Waals surface area (Å²) < 4.78 is 5.11. The quantitative estimate of drug-likeness (QED) is 0.538. The van der Waals surface area contributed by atoms with Crippen LogP contribution >= 0.6 is 0 Å². The molecule has 1 aromatic rings. The van der Waals surface area contributed by atoms with Crippen molar-refractivity contribution in [3.05, 3.63) is 35.4 Å². The van der Waals surface area contributed by atoms with E-state index >= 15 is 0 Å². The second-order valence-corrected chi connectivity index (χ2v) is 8.86. The van der Waals surface area contributed by atoms with E-state index in [1.807, 2.05) is 14.0 Å². The lowest BCUT2D eigenvalue weighted by molar-refractivity contribution is 0.0962. The lowest BCUT2D eigenvalue weighted by Gasteiger charge is -2.38. The van der Waals surface area contributed by atoms with Gasteiger partial charge in [0.2, 0.25) is 0 Å². The van der Waals surface area contributed by atoms with E-state index in [1.54, 1.807) is 4.90 Å². The van der Waals surface area contributed by atoms with Gasteiger partial charge in [-0.1, -0.05) is 38.1 Å². The number of nitrogens with one attached hydrogen (secondary N) is 2. The van der Waals surface area contributed by atoms with Crippen LogP contribution in [0.1, 0.15) is 44.7 Å². The molecule has 7 nitrogen and oxygen atoms in total. The van der Waals surface area contributed by atoms with Crippen molar-refractivity contribution >= 4 is 12.1 Å². The predicted octanol–water partition coefficient (Wildman–Crippen LogP) is 2.86. The normalized spacial score (nSPS) is 19.1. The van der Waals surface area contributed by atoms with Gasteiger partial charge in [-0.25, -0.2) is 4.79 Å². The number of aliphatic imine (C=N–C) groups is 1. The first kappa shape index (κ1) is 23.4. The summed E-state index contributed by atoms with van der Waals surface area (Å²) in [6, 6.07) is 9.56. The average molecular weight is 430 g/mol. The summed E-state index contributed by atoms with van der Waals surface area (Å²) >= 11 is 0. The van der Waals surface area contributed by atoms with Gasteiger partial charge in [0.15, 0.2) is 5.96 Å². The number of carbonyl (C=O) groups excluding carboxylic acids is 1. The highest BCUT2D eigenvalue weighted by Crippen LogP contribution is 2.22. The molecule has 2 aliphatic rings. The second-order valence-electron chi connectivity index (χ2n) is 8.86. The number of hydrogen-bond donors (Lipinski definition) is 2. The van der Waals surface area contributed by atoms with Crippen LogP contribution in [-0.2, 0) is 17.7 Å². The maximum Gasteiger partial charge on any atom is 0.409 e. The van der Waals surface area contributed by atoms with Crippen LogP contribution in [0.5, 0.6) is 0 Å². The Bertz CT molecular complexity index is 743. The summed E-state index contributed by atoms with van der Waals surface area (Å²) in [5.74, 6) is 1.39. The molecule has 1 fully saturated rings. The van der Waals surface area contributed by atoms with Crippen LogP contribution in [-0.4, -0.2) is 73.8 Å². The lowest BCUT2D eigenvalue weighted by Crippen LogP contribution is -2.53. The zero-order valence-corrected chi connectivity index (χ0v) is 19.6. The van der Waals surface area contributed by atoms with Gasteiger partial charge in [0.1, 0.15) is 0 Å². The molecule has 2 aliphatic heterocycles. The molecule has 2 heterocycles. The molecule has 1 amide bonds. The monoisotopic (exact) mass is 429 g/mol. The smallest absolute Gasteiger partial charge is 0.409 e. The maximum atomic E-state index is 11.9. The highest BCUT2D eigenvalue weighted by atomic mass is 16.6. The average Bonchev–Trinajstić information content (AvgIpc) is 2.78. The molecular weight excluding hydrogens is 390 g/mol. The van der Waals surface area contributed by atoms with E-state index in [2.05, 4.69) is 58.6 Å². The minimum absolute atomic E-state index is 0.202. The van der Waals surface area contributed by atoms with Crippen molar-refractivity contribution in [1.82, 2.24) is 20.4 Å². The Labute approximate surface area is 187 Å². The molecule has 31 heavy (non-hydrogen) atoms. The van der Waals surface area contributed by atoms with Crippen molar-refractivity contribution in [2.45, 2.75) is 58.7 Å². The summed E-state index contributed by atoms with van der Waals surface area (Å²) in [6.45, 7) is 11.3. The number of likely N-dealkylation sites (tertiary alicyclic amines) is 1. The van der Waals surface area contributed by atoms with Gasteiger partial charge >= 0.3 is 6.09 Å². The summed E-state index contributed by atoms with van der Waals surface area (Å²) in [4.78, 5) is 20.7. The lowest BCUT2D eigenvalue weighted by atomic mass is 9.95. The molecule has 3 rings (SSSR count). The number of ether oxygens (including phenoxy) is 1. The van der Waals surface area contributed by atoms with Crippen molar-refractivity contribution in [3.63, 3.8) is 0 Å². The third-order valence-corrected chi connectivity index (χ3v) is 6.46. The molecule has 1 atom stereocenters. The molecular formula is C24H39N5O2. The number of hydrogen-bond acceptors (Lipinski definition) is 4. The Morgan fingerprint density at radius 1 is 1.19 bits per heavy atom. The fourth-order valence-electron chi connectivity index (χ4n) is 4.60. The molecule has 0 aliphatic carbocycles. The molecule has 7 heteroatoms. The van der Waals surface area contributed by atoms with Gasteiger partial charge in [-0.05, 0) is 43.2 Å². The van der Waals surface area contributed by atoms with Gasteiger partial charge in [-0.3, -0.25) is 9.89 Å². The molecule has 0 radical (unpaired) electrons. The van der Waals surface area contributed by atoms with Crippen LogP contribution < -0.4 is 10.6 Å². The van der Waals surface area contributed by atoms with Gasteiger partial charge in [0, 0.05) is 51.9 Å². The number of piperidine rings is 1. The van der Waals surface area contributed by atoms with E-state index in [4.69, 9.17) is 4.74 Å². The largest absolute Gasteiger partial charge is 0.450 e. The zero-order chi connectivity index (χ0) is 22.2. The van der Waals surface area contributed by atoms with Crippen LogP contribution in [0, 0.1) is 5.92 Å². The Kier molecular flexibility index (Phi) is 8.58. The molecule has 1 unspecified atom stereocenters. The van der Waals surface area contributed by atoms with E-state index in [9.17, 15) is 4.79 Å². The van der Waals surface area contributed by atoms with Crippen molar-refractivity contribution in [3.8, 4) is 0 Å². The van der Waals surface area contributed by atoms with E-state index < -0.39 is 0 Å². The fourth-order valence-corrected chi connectivity index (χ4v) is 4.60. The summed E-state index contributed by atoms with van der Waals surface area (Å²) in [7, 11) is 1.82. The number of amides is 1. The first-order valence-electron chi connectivity index (χ1n) is 11.7. The molecule has 0 aromatic heterocycles. The Morgan fingerprint density at radius 2 is 1.90 bits per heavy atom. The van der Waals surface area contributed by atoms with E-state index in [1.165, 1.54) is 11.1 Å². The fraction of sp³-hybridized carbons (Fsp3) is 0.667. The number of nitrogens with zero attached hydrogens (tertiary/aromatic N) is 3. The molecule has 0 bridgehead atoms. The number of fused-ring (bicyclic) bond motifs is 1. The second kappa shape index (κ2) is 11.4. The van der Waals surface area contributed by atoms with E-state index in [-0.39, 0.29) is 6.09 Å². The summed E-state index contributed by atoms with van der Waals surface area (Å²) in [5.41, 5.74) is 2.94. The van der Waals surface area contributed by atoms with Crippen LogP contribution in [0.15, 0.2) is 29.3 Å². The number of rotatable bonds is 6. The zero-order valence-electron chi connectivity index (χ0n) is 19.6. The Morgan fingerprint density at radius 3 is 2.55 bits per heavy atom. The standard InChI is InChI=1S/C24H39N5O2/c1-5-31-24(30)28-14-11-21(12-15-28)27-23(25-4)26-16-22(18(2)3)29-13-10-19-8-6-7-9-20(19)17-29/h6-9,18,21-22H,5,10-17H2,1-4H3,(H2,25,26,27). The number of guanidine groups is 1. The van der Waals surface area contributed by atoms with Crippen molar-refractivity contribution in [2.75, 3.05) is 39.8 Å². The molecule has 1 aromatic carbocycles.